The molecule has 1 radical (unpaired) electrons. The predicted octanol–water partition coefficient (Wildman–Crippen LogP) is 2.80. The summed E-state index contributed by atoms with van der Waals surface area (Å²) in [6.07, 6.45) is 0. The van der Waals surface area contributed by atoms with Crippen LogP contribution in [0.5, 0.6) is 0 Å². The molecule has 37 valence electrons. The Morgan fingerprint density at radius 1 is 1.33 bits per heavy atom. The molecule has 0 aliphatic carbocycles. The Balaban J connectivity index is 2.99. The van der Waals surface area contributed by atoms with Crippen molar-refractivity contribution in [2.75, 3.05) is 0 Å². The van der Waals surface area contributed by atoms with Crippen molar-refractivity contribution in [1.82, 2.24) is 0 Å². The van der Waals surface area contributed by atoms with Gasteiger partial charge >= 0.3 is 0 Å². The highest BCUT2D eigenvalue weighted by molar-refractivity contribution is 14.2. The summed E-state index contributed by atoms with van der Waals surface area (Å²) in [6, 6.07) is 0. The summed E-state index contributed by atoms with van der Waals surface area (Å²) in [4.78, 5) is 0. The van der Waals surface area contributed by atoms with Crippen molar-refractivity contribution in [3.63, 3.8) is 0 Å². The minimum Gasteiger partial charge on any atom is -0.0704 e. The first-order valence-electron chi connectivity index (χ1n) is 1.73. The molecule has 0 rings (SSSR count). The third-order valence-electron chi connectivity index (χ3n) is 0.436. The first-order valence-corrected chi connectivity index (χ1v) is 4.22. The molecule has 0 heterocycles. The molecule has 0 amide bonds. The fraction of sp³-hybridized carbons (Fsp3) is 0.750. The van der Waals surface area contributed by atoms with Crippen molar-refractivity contribution < 1.29 is 0 Å². The topological polar surface area (TPSA) is 0 Å². The Hall–Kier alpha value is 1.46. The molecule has 0 aliphatic heterocycles. The summed E-state index contributed by atoms with van der Waals surface area (Å²) >= 11 is 4.76. The monoisotopic (exact) mass is 309 g/mol. The molecule has 0 saturated heterocycles. The molecule has 0 aliphatic rings. The van der Waals surface area contributed by atoms with Crippen molar-refractivity contribution in [1.29, 1.82) is 0 Å². The van der Waals surface area contributed by atoms with Gasteiger partial charge in [-0.2, -0.15) is 0 Å². The molecule has 0 bridgehead atoms. The summed E-state index contributed by atoms with van der Waals surface area (Å²) in [6.45, 7) is 4.28. The van der Waals surface area contributed by atoms with Crippen LogP contribution >= 0.6 is 45.2 Å². The zero-order valence-electron chi connectivity index (χ0n) is 3.83. The smallest absolute Gasteiger partial charge is 0.0683 e. The SMILES string of the molecule is C[C](C)C(I)I. The molecule has 0 aromatic carbocycles. The minimum atomic E-state index is 0.709. The first kappa shape index (κ1) is 7.46. The van der Waals surface area contributed by atoms with Crippen LogP contribution < -0.4 is 0 Å². The Labute approximate surface area is 66.4 Å². The Kier molecular flexibility index (Phi) is 4.30. The van der Waals surface area contributed by atoms with Gasteiger partial charge in [0.15, 0.2) is 0 Å². The predicted molar refractivity (Wildman–Crippen MR) is 46.4 cm³/mol. The Morgan fingerprint density at radius 2 is 1.50 bits per heavy atom. The van der Waals surface area contributed by atoms with Gasteiger partial charge in [-0.25, -0.2) is 0 Å². The zero-order valence-corrected chi connectivity index (χ0v) is 8.15. The van der Waals surface area contributed by atoms with Crippen LogP contribution in [0.2, 0.25) is 0 Å². The molecule has 0 nitrogen and oxygen atoms in total. The summed E-state index contributed by atoms with van der Waals surface area (Å²) in [5.41, 5.74) is 0. The van der Waals surface area contributed by atoms with Gasteiger partial charge in [-0.3, -0.25) is 0 Å². The summed E-state index contributed by atoms with van der Waals surface area (Å²) < 4.78 is 0.709. The molecule has 6 heavy (non-hydrogen) atoms. The number of rotatable bonds is 1. The highest BCUT2D eigenvalue weighted by Gasteiger charge is 2.00. The lowest BCUT2D eigenvalue weighted by atomic mass is 10.3. The first-order chi connectivity index (χ1) is 2.64. The van der Waals surface area contributed by atoms with Crippen molar-refractivity contribution in [2.24, 2.45) is 0 Å². The lowest BCUT2D eigenvalue weighted by Gasteiger charge is -2.00. The van der Waals surface area contributed by atoms with E-state index in [2.05, 4.69) is 59.0 Å². The van der Waals surface area contributed by atoms with Crippen LogP contribution in [0.15, 0.2) is 0 Å². The fourth-order valence-electron chi connectivity index (χ4n) is 0. The molecule has 0 atom stereocenters. The van der Waals surface area contributed by atoms with Crippen LogP contribution in [0, 0.1) is 5.92 Å². The van der Waals surface area contributed by atoms with Crippen molar-refractivity contribution in [2.45, 2.75) is 15.8 Å². The zero-order chi connectivity index (χ0) is 5.15. The Bertz CT molecular complexity index is 26.5. The molecular formula is C4H7I2. The van der Waals surface area contributed by atoms with Crippen molar-refractivity contribution >= 4 is 45.2 Å². The second kappa shape index (κ2) is 3.46. The van der Waals surface area contributed by atoms with Gasteiger partial charge in [-0.15, -0.1) is 0 Å². The van der Waals surface area contributed by atoms with Crippen molar-refractivity contribution in [3.8, 4) is 0 Å². The maximum Gasteiger partial charge on any atom is 0.0683 e. The maximum absolute atomic E-state index is 2.38. The number of alkyl halides is 2. The van der Waals surface area contributed by atoms with Crippen LogP contribution in [0.1, 0.15) is 13.8 Å². The van der Waals surface area contributed by atoms with Gasteiger partial charge in [0, 0.05) is 0 Å². The quantitative estimate of drug-likeness (QED) is 0.516. The van der Waals surface area contributed by atoms with Gasteiger partial charge in [-0.1, -0.05) is 59.0 Å². The second-order valence-electron chi connectivity index (χ2n) is 1.38. The summed E-state index contributed by atoms with van der Waals surface area (Å²) in [5, 5.41) is 0. The van der Waals surface area contributed by atoms with Gasteiger partial charge in [0.25, 0.3) is 0 Å². The van der Waals surface area contributed by atoms with Crippen LogP contribution in [0.4, 0.5) is 0 Å². The molecule has 0 unspecified atom stereocenters. The minimum absolute atomic E-state index is 0.709. The van der Waals surface area contributed by atoms with E-state index in [9.17, 15) is 0 Å². The van der Waals surface area contributed by atoms with E-state index >= 15 is 0 Å². The third-order valence-corrected chi connectivity index (χ3v) is 2.93. The van der Waals surface area contributed by atoms with Crippen LogP contribution in [0.25, 0.3) is 0 Å². The van der Waals surface area contributed by atoms with Gasteiger partial charge in [-0.05, 0) is 5.92 Å². The molecule has 0 fully saturated rings. The van der Waals surface area contributed by atoms with Crippen LogP contribution in [-0.4, -0.2) is 1.93 Å². The third kappa shape index (κ3) is 3.64. The van der Waals surface area contributed by atoms with E-state index < -0.39 is 0 Å². The molecule has 0 spiro atoms. The maximum atomic E-state index is 2.38. The van der Waals surface area contributed by atoms with Crippen molar-refractivity contribution in [3.05, 3.63) is 5.92 Å². The highest BCUT2D eigenvalue weighted by Crippen LogP contribution is 2.20. The average molecular weight is 309 g/mol. The van der Waals surface area contributed by atoms with Gasteiger partial charge < -0.3 is 0 Å². The lowest BCUT2D eigenvalue weighted by Crippen LogP contribution is -1.91. The lowest BCUT2D eigenvalue weighted by molar-refractivity contribution is 1.12. The molecule has 0 aromatic rings. The molecular weight excluding hydrogens is 302 g/mol. The van der Waals surface area contributed by atoms with E-state index in [1.54, 1.807) is 0 Å². The van der Waals surface area contributed by atoms with Gasteiger partial charge in [0.2, 0.25) is 0 Å². The molecule has 0 N–H and O–H groups in total. The normalized spacial score (nSPS) is 11.0. The number of halogens is 2. The molecule has 0 saturated carbocycles. The van der Waals surface area contributed by atoms with Crippen LogP contribution in [-0.2, 0) is 0 Å². The number of hydrogen-bond acceptors (Lipinski definition) is 0. The van der Waals surface area contributed by atoms with E-state index in [4.69, 9.17) is 0 Å². The fourth-order valence-corrected chi connectivity index (χ4v) is 0. The van der Waals surface area contributed by atoms with E-state index in [1.165, 1.54) is 5.92 Å². The average Bonchev–Trinajstić information content (AvgIpc) is 1.36. The standard InChI is InChI=1S/C4H7I2/c1-3(2)4(5)6/h4H,1-2H3. The van der Waals surface area contributed by atoms with E-state index in [0.29, 0.717) is 1.93 Å². The molecule has 0 aromatic heterocycles. The Morgan fingerprint density at radius 3 is 1.50 bits per heavy atom. The summed E-state index contributed by atoms with van der Waals surface area (Å²) in [7, 11) is 0. The largest absolute Gasteiger partial charge is 0.0704 e. The van der Waals surface area contributed by atoms with Crippen LogP contribution in [0.3, 0.4) is 0 Å². The van der Waals surface area contributed by atoms with E-state index in [-0.39, 0.29) is 0 Å². The van der Waals surface area contributed by atoms with Gasteiger partial charge in [0.05, 0.1) is 1.93 Å². The summed E-state index contributed by atoms with van der Waals surface area (Å²) in [5.74, 6) is 1.48. The van der Waals surface area contributed by atoms with Gasteiger partial charge in [0.1, 0.15) is 0 Å². The highest BCUT2D eigenvalue weighted by atomic mass is 127. The number of hydrogen-bond donors (Lipinski definition) is 0. The van der Waals surface area contributed by atoms with E-state index in [0.717, 1.165) is 0 Å². The second-order valence-corrected chi connectivity index (χ2v) is 6.25. The van der Waals surface area contributed by atoms with E-state index in [1.807, 2.05) is 0 Å². The molecule has 2 heteroatoms.